The second-order valence-electron chi connectivity index (χ2n) is 4.39. The number of nitriles is 1. The maximum absolute atomic E-state index is 12.2. The summed E-state index contributed by atoms with van der Waals surface area (Å²) in [6, 6.07) is 10.1. The molecule has 1 heterocycles. The van der Waals surface area contributed by atoms with Gasteiger partial charge in [-0.05, 0) is 37.3 Å². The van der Waals surface area contributed by atoms with Crippen LogP contribution in [0.4, 0.5) is 11.5 Å². The highest BCUT2D eigenvalue weighted by Crippen LogP contribution is 2.21. The first-order valence-electron chi connectivity index (χ1n) is 6.21. The van der Waals surface area contributed by atoms with Crippen molar-refractivity contribution in [1.82, 2.24) is 4.98 Å². The highest BCUT2D eigenvalue weighted by atomic mass is 35.5. The molecule has 5 nitrogen and oxygen atoms in total. The summed E-state index contributed by atoms with van der Waals surface area (Å²) in [5, 5.41) is 14.8. The van der Waals surface area contributed by atoms with E-state index < -0.39 is 0 Å². The number of carbonyl (C=O) groups excluding carboxylic acids is 1. The molecule has 0 unspecified atom stereocenters. The van der Waals surface area contributed by atoms with Crippen LogP contribution < -0.4 is 10.6 Å². The fourth-order valence-corrected chi connectivity index (χ4v) is 2.04. The number of nitrogens with one attached hydrogen (secondary N) is 2. The van der Waals surface area contributed by atoms with Gasteiger partial charge in [0.05, 0.1) is 10.6 Å². The highest BCUT2D eigenvalue weighted by Gasteiger charge is 2.10. The smallest absolute Gasteiger partial charge is 0.255 e. The number of hydrogen-bond donors (Lipinski definition) is 2. The summed E-state index contributed by atoms with van der Waals surface area (Å²) in [5.41, 5.74) is 2.13. The van der Waals surface area contributed by atoms with Crippen LogP contribution in [-0.4, -0.2) is 17.9 Å². The van der Waals surface area contributed by atoms with Crippen molar-refractivity contribution >= 4 is 29.0 Å². The van der Waals surface area contributed by atoms with Crippen LogP contribution in [-0.2, 0) is 0 Å². The fraction of sp³-hybridized carbons (Fsp3) is 0.133. The number of rotatable bonds is 3. The Labute approximate surface area is 127 Å². The molecule has 0 bridgehead atoms. The monoisotopic (exact) mass is 300 g/mol. The largest absolute Gasteiger partial charge is 0.373 e. The number of carbonyl (C=O) groups is 1. The number of hydrogen-bond acceptors (Lipinski definition) is 4. The number of aryl methyl sites for hydroxylation is 1. The van der Waals surface area contributed by atoms with Crippen molar-refractivity contribution in [3.63, 3.8) is 0 Å². The summed E-state index contributed by atoms with van der Waals surface area (Å²) < 4.78 is 0. The standard InChI is InChI=1S/C15H13ClN4O/c1-9-5-11(6-14(18-2)19-9)15(21)20-12-4-3-10(8-17)13(16)7-12/h3-7H,1-2H3,(H,18,19)(H,20,21). The fourth-order valence-electron chi connectivity index (χ4n) is 1.81. The Morgan fingerprint density at radius 2 is 2.10 bits per heavy atom. The van der Waals surface area contributed by atoms with Gasteiger partial charge in [0.25, 0.3) is 5.91 Å². The SMILES string of the molecule is CNc1cc(C(=O)Nc2ccc(C#N)c(Cl)c2)cc(C)n1. The van der Waals surface area contributed by atoms with Crippen molar-refractivity contribution in [2.24, 2.45) is 0 Å². The molecule has 1 aromatic carbocycles. The zero-order chi connectivity index (χ0) is 15.4. The lowest BCUT2D eigenvalue weighted by molar-refractivity contribution is 0.102. The van der Waals surface area contributed by atoms with Gasteiger partial charge < -0.3 is 10.6 Å². The number of benzene rings is 1. The molecule has 0 aliphatic rings. The Morgan fingerprint density at radius 1 is 1.33 bits per heavy atom. The summed E-state index contributed by atoms with van der Waals surface area (Å²) >= 11 is 5.94. The molecular formula is C15H13ClN4O. The van der Waals surface area contributed by atoms with E-state index in [1.54, 1.807) is 37.4 Å². The lowest BCUT2D eigenvalue weighted by Crippen LogP contribution is -2.13. The zero-order valence-corrected chi connectivity index (χ0v) is 12.3. The van der Waals surface area contributed by atoms with Crippen molar-refractivity contribution in [1.29, 1.82) is 5.26 Å². The summed E-state index contributed by atoms with van der Waals surface area (Å²) in [6.07, 6.45) is 0. The van der Waals surface area contributed by atoms with E-state index in [0.29, 0.717) is 27.7 Å². The van der Waals surface area contributed by atoms with Gasteiger partial charge in [0.1, 0.15) is 11.9 Å². The Kier molecular flexibility index (Phi) is 4.41. The van der Waals surface area contributed by atoms with Gasteiger partial charge in [0, 0.05) is 24.0 Å². The van der Waals surface area contributed by atoms with E-state index in [-0.39, 0.29) is 5.91 Å². The van der Waals surface area contributed by atoms with E-state index in [0.717, 1.165) is 5.69 Å². The maximum Gasteiger partial charge on any atom is 0.255 e. The Balaban J connectivity index is 2.24. The molecule has 0 saturated carbocycles. The topological polar surface area (TPSA) is 77.8 Å². The molecular weight excluding hydrogens is 288 g/mol. The minimum absolute atomic E-state index is 0.266. The molecule has 0 atom stereocenters. The molecule has 0 saturated heterocycles. The summed E-state index contributed by atoms with van der Waals surface area (Å²) in [5.74, 6) is 0.357. The van der Waals surface area contributed by atoms with Crippen LogP contribution in [0.25, 0.3) is 0 Å². The van der Waals surface area contributed by atoms with Crippen molar-refractivity contribution in [2.75, 3.05) is 17.7 Å². The third-order valence-electron chi connectivity index (χ3n) is 2.82. The van der Waals surface area contributed by atoms with Crippen molar-refractivity contribution in [3.05, 3.63) is 52.2 Å². The van der Waals surface area contributed by atoms with Gasteiger partial charge in [-0.2, -0.15) is 5.26 Å². The summed E-state index contributed by atoms with van der Waals surface area (Å²) in [6.45, 7) is 1.82. The van der Waals surface area contributed by atoms with Crippen LogP contribution in [0.5, 0.6) is 0 Å². The van der Waals surface area contributed by atoms with E-state index in [1.165, 1.54) is 0 Å². The quantitative estimate of drug-likeness (QED) is 0.912. The average Bonchev–Trinajstić information content (AvgIpc) is 2.46. The number of amides is 1. The van der Waals surface area contributed by atoms with E-state index in [9.17, 15) is 4.79 Å². The van der Waals surface area contributed by atoms with Crippen LogP contribution >= 0.6 is 11.6 Å². The third-order valence-corrected chi connectivity index (χ3v) is 3.13. The number of halogens is 1. The van der Waals surface area contributed by atoms with E-state index >= 15 is 0 Å². The van der Waals surface area contributed by atoms with Gasteiger partial charge in [0.15, 0.2) is 0 Å². The number of pyridine rings is 1. The maximum atomic E-state index is 12.2. The molecule has 0 aliphatic heterocycles. The predicted octanol–water partition coefficient (Wildman–Crippen LogP) is 3.21. The second kappa shape index (κ2) is 6.25. The Hall–Kier alpha value is -2.58. The first-order valence-corrected chi connectivity index (χ1v) is 6.58. The Morgan fingerprint density at radius 3 is 2.71 bits per heavy atom. The molecule has 1 aromatic heterocycles. The number of aromatic nitrogens is 1. The van der Waals surface area contributed by atoms with Gasteiger partial charge >= 0.3 is 0 Å². The van der Waals surface area contributed by atoms with Crippen LogP contribution in [0, 0.1) is 18.3 Å². The first-order chi connectivity index (χ1) is 10.0. The molecule has 2 N–H and O–H groups in total. The van der Waals surface area contributed by atoms with Crippen molar-refractivity contribution < 1.29 is 4.79 Å². The van der Waals surface area contributed by atoms with Gasteiger partial charge in [-0.1, -0.05) is 11.6 Å². The number of anilines is 2. The molecule has 2 aromatic rings. The molecule has 21 heavy (non-hydrogen) atoms. The van der Waals surface area contributed by atoms with Crippen molar-refractivity contribution in [3.8, 4) is 6.07 Å². The second-order valence-corrected chi connectivity index (χ2v) is 4.80. The molecule has 1 amide bonds. The normalized spacial score (nSPS) is 9.81. The molecule has 2 rings (SSSR count). The molecule has 0 aliphatic carbocycles. The number of nitrogens with zero attached hydrogens (tertiary/aromatic N) is 2. The Bertz CT molecular complexity index is 737. The van der Waals surface area contributed by atoms with Gasteiger partial charge in [-0.25, -0.2) is 4.98 Å². The minimum Gasteiger partial charge on any atom is -0.373 e. The predicted molar refractivity (Wildman–Crippen MR) is 82.6 cm³/mol. The lowest BCUT2D eigenvalue weighted by atomic mass is 10.2. The van der Waals surface area contributed by atoms with Crippen LogP contribution in [0.2, 0.25) is 5.02 Å². The van der Waals surface area contributed by atoms with E-state index in [1.807, 2.05) is 13.0 Å². The van der Waals surface area contributed by atoms with E-state index in [2.05, 4.69) is 15.6 Å². The lowest BCUT2D eigenvalue weighted by Gasteiger charge is -2.08. The zero-order valence-electron chi connectivity index (χ0n) is 11.6. The van der Waals surface area contributed by atoms with Crippen LogP contribution in [0.15, 0.2) is 30.3 Å². The van der Waals surface area contributed by atoms with E-state index in [4.69, 9.17) is 16.9 Å². The van der Waals surface area contributed by atoms with Crippen LogP contribution in [0.3, 0.4) is 0 Å². The van der Waals surface area contributed by atoms with Crippen LogP contribution in [0.1, 0.15) is 21.6 Å². The average molecular weight is 301 g/mol. The molecule has 6 heteroatoms. The minimum atomic E-state index is -0.266. The van der Waals surface area contributed by atoms with Gasteiger partial charge in [-0.3, -0.25) is 4.79 Å². The third kappa shape index (κ3) is 3.50. The molecule has 106 valence electrons. The first kappa shape index (κ1) is 14.8. The van der Waals surface area contributed by atoms with Gasteiger partial charge in [0.2, 0.25) is 0 Å². The van der Waals surface area contributed by atoms with Crippen molar-refractivity contribution in [2.45, 2.75) is 6.92 Å². The van der Waals surface area contributed by atoms with Gasteiger partial charge in [-0.15, -0.1) is 0 Å². The molecule has 0 radical (unpaired) electrons. The highest BCUT2D eigenvalue weighted by molar-refractivity contribution is 6.32. The summed E-state index contributed by atoms with van der Waals surface area (Å²) in [7, 11) is 1.74. The molecule has 0 spiro atoms. The summed E-state index contributed by atoms with van der Waals surface area (Å²) in [4.78, 5) is 16.5. The molecule has 0 fully saturated rings.